The molecule has 162 valence electrons. The van der Waals surface area contributed by atoms with Crippen LogP contribution in [0, 0.1) is 20.8 Å². The summed E-state index contributed by atoms with van der Waals surface area (Å²) in [6.07, 6.45) is 0.869. The van der Waals surface area contributed by atoms with Crippen molar-refractivity contribution in [2.45, 2.75) is 52.7 Å². The zero-order valence-corrected chi connectivity index (χ0v) is 19.8. The van der Waals surface area contributed by atoms with Gasteiger partial charge in [0.15, 0.2) is 16.8 Å². The Labute approximate surface area is 188 Å². The highest BCUT2D eigenvalue weighted by molar-refractivity contribution is 7.99. The molecule has 0 aliphatic rings. The number of nitrogens with zero attached hydrogens (tertiary/aromatic N) is 4. The van der Waals surface area contributed by atoms with Gasteiger partial charge in [-0.05, 0) is 46.2 Å². The Morgan fingerprint density at radius 3 is 2.61 bits per heavy atom. The summed E-state index contributed by atoms with van der Waals surface area (Å²) in [5.41, 5.74) is 2.33. The summed E-state index contributed by atoms with van der Waals surface area (Å²) in [5, 5.41) is 5.31. The first-order chi connectivity index (χ1) is 14.8. The molecule has 0 radical (unpaired) electrons. The van der Waals surface area contributed by atoms with Crippen LogP contribution in [0.1, 0.15) is 46.2 Å². The van der Waals surface area contributed by atoms with Crippen LogP contribution in [0.5, 0.6) is 0 Å². The number of hydrogen-bond donors (Lipinski definition) is 0. The highest BCUT2D eigenvalue weighted by Gasteiger charge is 2.20. The van der Waals surface area contributed by atoms with Gasteiger partial charge in [-0.3, -0.25) is 18.7 Å². The molecule has 0 unspecified atom stereocenters. The molecule has 0 bridgehead atoms. The van der Waals surface area contributed by atoms with E-state index in [0.29, 0.717) is 34.2 Å². The molecule has 0 aromatic carbocycles. The fourth-order valence-electron chi connectivity index (χ4n) is 3.67. The number of fused-ring (bicyclic) bond motifs is 1. The van der Waals surface area contributed by atoms with Crippen molar-refractivity contribution in [1.82, 2.24) is 19.3 Å². The van der Waals surface area contributed by atoms with E-state index in [1.807, 2.05) is 50.5 Å². The van der Waals surface area contributed by atoms with E-state index in [1.54, 1.807) is 15.9 Å². The van der Waals surface area contributed by atoms with Gasteiger partial charge in [-0.2, -0.15) is 0 Å². The van der Waals surface area contributed by atoms with E-state index in [-0.39, 0.29) is 17.1 Å². The molecule has 4 heterocycles. The molecule has 4 rings (SSSR count). The standard InChI is InChI=1S/C22H24N4O3S2/c1-6-15-10-17-20(31-15)23-22(25(7-2)21(17)28)30-11-18(27)16-8-12(3)26(14(16)5)19-9-13(4)29-24-19/h8-10H,6-7,11H2,1-5H3. The molecule has 4 aromatic rings. The summed E-state index contributed by atoms with van der Waals surface area (Å²) >= 11 is 2.85. The van der Waals surface area contributed by atoms with Crippen LogP contribution in [0.15, 0.2) is 32.7 Å². The normalized spacial score (nSPS) is 11.5. The molecular formula is C22H24N4O3S2. The Hall–Kier alpha value is -2.65. The largest absolute Gasteiger partial charge is 0.360 e. The minimum absolute atomic E-state index is 0.0120. The highest BCUT2D eigenvalue weighted by Crippen LogP contribution is 2.27. The van der Waals surface area contributed by atoms with Crippen LogP contribution >= 0.6 is 23.1 Å². The van der Waals surface area contributed by atoms with Crippen molar-refractivity contribution in [2.75, 3.05) is 5.75 Å². The number of thiophene rings is 1. The van der Waals surface area contributed by atoms with Crippen molar-refractivity contribution in [3.05, 3.63) is 56.1 Å². The molecule has 0 aliphatic heterocycles. The maximum Gasteiger partial charge on any atom is 0.262 e. The molecule has 4 aromatic heterocycles. The summed E-state index contributed by atoms with van der Waals surface area (Å²) < 4.78 is 8.75. The van der Waals surface area contributed by atoms with Crippen molar-refractivity contribution in [3.8, 4) is 5.82 Å². The van der Waals surface area contributed by atoms with Gasteiger partial charge in [0.1, 0.15) is 10.6 Å². The maximum absolute atomic E-state index is 13.0. The second-order valence-electron chi connectivity index (χ2n) is 7.36. The van der Waals surface area contributed by atoms with E-state index in [2.05, 4.69) is 12.1 Å². The minimum Gasteiger partial charge on any atom is -0.360 e. The van der Waals surface area contributed by atoms with Crippen molar-refractivity contribution in [3.63, 3.8) is 0 Å². The number of aromatic nitrogens is 4. The Morgan fingerprint density at radius 2 is 1.97 bits per heavy atom. The van der Waals surface area contributed by atoms with Crippen molar-refractivity contribution >= 4 is 39.1 Å². The monoisotopic (exact) mass is 456 g/mol. The Bertz CT molecular complexity index is 1340. The van der Waals surface area contributed by atoms with Gasteiger partial charge in [0.05, 0.1) is 11.1 Å². The quantitative estimate of drug-likeness (QED) is 0.227. The average molecular weight is 457 g/mol. The Kier molecular flexibility index (Phi) is 5.90. The zero-order chi connectivity index (χ0) is 22.3. The lowest BCUT2D eigenvalue weighted by molar-refractivity contribution is 0.102. The molecule has 0 aliphatic carbocycles. The summed E-state index contributed by atoms with van der Waals surface area (Å²) in [6.45, 7) is 10.2. The van der Waals surface area contributed by atoms with Crippen LogP contribution in [0.3, 0.4) is 0 Å². The number of carbonyl (C=O) groups excluding carboxylic acids is 1. The van der Waals surface area contributed by atoms with Crippen LogP contribution in [0.2, 0.25) is 0 Å². The predicted molar refractivity (Wildman–Crippen MR) is 124 cm³/mol. The average Bonchev–Trinajstić information content (AvgIpc) is 3.43. The van der Waals surface area contributed by atoms with Crippen LogP contribution in [0.4, 0.5) is 0 Å². The first-order valence-electron chi connectivity index (χ1n) is 10.2. The van der Waals surface area contributed by atoms with Gasteiger partial charge in [-0.1, -0.05) is 23.8 Å². The van der Waals surface area contributed by atoms with E-state index in [1.165, 1.54) is 11.8 Å². The summed E-state index contributed by atoms with van der Waals surface area (Å²) in [7, 11) is 0. The molecule has 0 saturated heterocycles. The molecule has 0 atom stereocenters. The topological polar surface area (TPSA) is 82.9 Å². The molecule has 0 saturated carbocycles. The van der Waals surface area contributed by atoms with Crippen LogP contribution in [0.25, 0.3) is 16.0 Å². The fraction of sp³-hybridized carbons (Fsp3) is 0.364. The fourth-order valence-corrected chi connectivity index (χ4v) is 5.63. The second-order valence-corrected chi connectivity index (χ2v) is 9.41. The highest BCUT2D eigenvalue weighted by atomic mass is 32.2. The van der Waals surface area contributed by atoms with Gasteiger partial charge in [0.25, 0.3) is 5.56 Å². The molecule has 0 N–H and O–H groups in total. The van der Waals surface area contributed by atoms with Crippen molar-refractivity contribution in [1.29, 1.82) is 0 Å². The summed E-state index contributed by atoms with van der Waals surface area (Å²) in [5.74, 6) is 1.56. The Morgan fingerprint density at radius 1 is 1.19 bits per heavy atom. The zero-order valence-electron chi connectivity index (χ0n) is 18.2. The van der Waals surface area contributed by atoms with Crippen LogP contribution < -0.4 is 5.56 Å². The van der Waals surface area contributed by atoms with E-state index < -0.39 is 0 Å². The summed E-state index contributed by atoms with van der Waals surface area (Å²) in [6, 6.07) is 5.65. The van der Waals surface area contributed by atoms with Gasteiger partial charge in [0, 0.05) is 34.4 Å². The van der Waals surface area contributed by atoms with Gasteiger partial charge in [-0.25, -0.2) is 4.98 Å². The third-order valence-corrected chi connectivity index (χ3v) is 7.39. The lowest BCUT2D eigenvalue weighted by Gasteiger charge is -2.09. The lowest BCUT2D eigenvalue weighted by Crippen LogP contribution is -2.22. The predicted octanol–water partition coefficient (Wildman–Crippen LogP) is 4.72. The van der Waals surface area contributed by atoms with Crippen LogP contribution in [-0.4, -0.2) is 30.8 Å². The SMILES string of the molecule is CCc1cc2c(=O)n(CC)c(SCC(=O)c3cc(C)n(-c4cc(C)on4)c3C)nc2s1. The second kappa shape index (κ2) is 8.47. The minimum atomic E-state index is -0.0435. The maximum atomic E-state index is 13.0. The number of carbonyl (C=O) groups is 1. The van der Waals surface area contributed by atoms with Crippen molar-refractivity contribution in [2.24, 2.45) is 0 Å². The van der Waals surface area contributed by atoms with E-state index in [4.69, 9.17) is 9.51 Å². The smallest absolute Gasteiger partial charge is 0.262 e. The van der Waals surface area contributed by atoms with Gasteiger partial charge >= 0.3 is 0 Å². The first-order valence-corrected chi connectivity index (χ1v) is 12.0. The number of hydrogen-bond acceptors (Lipinski definition) is 7. The third-order valence-electron chi connectivity index (χ3n) is 5.24. The van der Waals surface area contributed by atoms with Gasteiger partial charge in [0.2, 0.25) is 0 Å². The van der Waals surface area contributed by atoms with E-state index >= 15 is 0 Å². The molecular weight excluding hydrogens is 432 g/mol. The molecule has 0 spiro atoms. The van der Waals surface area contributed by atoms with E-state index in [0.717, 1.165) is 27.5 Å². The number of ketones is 1. The Balaban J connectivity index is 1.62. The number of rotatable bonds is 7. The number of Topliss-reactive ketones (excluding diaryl/α,β-unsaturated/α-hetero) is 1. The van der Waals surface area contributed by atoms with Gasteiger partial charge < -0.3 is 4.52 Å². The van der Waals surface area contributed by atoms with Gasteiger partial charge in [-0.15, -0.1) is 11.3 Å². The van der Waals surface area contributed by atoms with Crippen LogP contribution in [-0.2, 0) is 13.0 Å². The molecule has 0 fully saturated rings. The summed E-state index contributed by atoms with van der Waals surface area (Å²) in [4.78, 5) is 32.5. The van der Waals surface area contributed by atoms with E-state index in [9.17, 15) is 9.59 Å². The molecule has 9 heteroatoms. The number of aryl methyl sites for hydroxylation is 3. The van der Waals surface area contributed by atoms with Crippen molar-refractivity contribution < 1.29 is 9.32 Å². The lowest BCUT2D eigenvalue weighted by atomic mass is 10.2. The first kappa shape index (κ1) is 21.6. The molecule has 7 nitrogen and oxygen atoms in total. The molecule has 31 heavy (non-hydrogen) atoms. The molecule has 0 amide bonds. The number of thioether (sulfide) groups is 1. The third kappa shape index (κ3) is 3.87.